The van der Waals surface area contributed by atoms with Crippen molar-refractivity contribution in [3.05, 3.63) is 17.7 Å². The second-order valence-electron chi connectivity index (χ2n) is 6.49. The number of nitrogens with zero attached hydrogens (tertiary/aromatic N) is 2. The SMILES string of the molecule is COc1cc(CN2CCN3CCC[C@H]3[C@@H]2C)cc(OC)c1OC. The Balaban J connectivity index is 1.79. The molecule has 0 spiro atoms. The minimum absolute atomic E-state index is 0.588. The first-order chi connectivity index (χ1) is 11.2. The molecule has 1 aromatic carbocycles. The fourth-order valence-electron chi connectivity index (χ4n) is 4.06. The van der Waals surface area contributed by atoms with Gasteiger partial charge in [0.05, 0.1) is 21.3 Å². The number of methoxy groups -OCH3 is 3. The Kier molecular flexibility index (Phi) is 4.97. The van der Waals surface area contributed by atoms with Crippen molar-refractivity contribution in [3.8, 4) is 17.2 Å². The van der Waals surface area contributed by atoms with E-state index in [9.17, 15) is 0 Å². The molecule has 2 aliphatic heterocycles. The average Bonchev–Trinajstić information content (AvgIpc) is 3.05. The van der Waals surface area contributed by atoms with E-state index in [0.29, 0.717) is 17.8 Å². The van der Waals surface area contributed by atoms with Gasteiger partial charge in [-0.1, -0.05) is 0 Å². The fourth-order valence-corrected chi connectivity index (χ4v) is 4.06. The van der Waals surface area contributed by atoms with Crippen molar-refractivity contribution in [2.24, 2.45) is 0 Å². The molecule has 23 heavy (non-hydrogen) atoms. The first-order valence-electron chi connectivity index (χ1n) is 8.45. The van der Waals surface area contributed by atoms with E-state index in [-0.39, 0.29) is 0 Å². The number of hydrogen-bond donors (Lipinski definition) is 0. The lowest BCUT2D eigenvalue weighted by Gasteiger charge is -2.43. The van der Waals surface area contributed by atoms with Crippen LogP contribution in [0.1, 0.15) is 25.3 Å². The van der Waals surface area contributed by atoms with E-state index in [0.717, 1.165) is 24.6 Å². The molecule has 2 fully saturated rings. The number of piperazine rings is 1. The van der Waals surface area contributed by atoms with Crippen molar-refractivity contribution in [1.82, 2.24) is 9.80 Å². The largest absolute Gasteiger partial charge is 0.493 e. The molecule has 5 nitrogen and oxygen atoms in total. The first kappa shape index (κ1) is 16.4. The Morgan fingerprint density at radius 2 is 1.70 bits per heavy atom. The van der Waals surface area contributed by atoms with E-state index in [1.165, 1.54) is 31.5 Å². The predicted molar refractivity (Wildman–Crippen MR) is 90.6 cm³/mol. The molecule has 0 unspecified atom stereocenters. The average molecular weight is 320 g/mol. The summed E-state index contributed by atoms with van der Waals surface area (Å²) in [6.07, 6.45) is 2.67. The van der Waals surface area contributed by atoms with Gasteiger partial charge in [-0.2, -0.15) is 0 Å². The molecule has 1 aromatic rings. The summed E-state index contributed by atoms with van der Waals surface area (Å²) in [7, 11) is 4.98. The summed E-state index contributed by atoms with van der Waals surface area (Å²) in [6, 6.07) is 5.43. The van der Waals surface area contributed by atoms with Gasteiger partial charge in [0, 0.05) is 31.7 Å². The van der Waals surface area contributed by atoms with Crippen molar-refractivity contribution in [2.45, 2.75) is 38.4 Å². The van der Waals surface area contributed by atoms with Gasteiger partial charge in [-0.05, 0) is 44.0 Å². The van der Waals surface area contributed by atoms with Crippen LogP contribution in [0.3, 0.4) is 0 Å². The van der Waals surface area contributed by atoms with E-state index in [1.54, 1.807) is 21.3 Å². The molecule has 0 aliphatic carbocycles. The Morgan fingerprint density at radius 3 is 2.30 bits per heavy atom. The quantitative estimate of drug-likeness (QED) is 0.832. The third kappa shape index (κ3) is 3.12. The third-order valence-corrected chi connectivity index (χ3v) is 5.33. The van der Waals surface area contributed by atoms with E-state index < -0.39 is 0 Å². The van der Waals surface area contributed by atoms with Gasteiger partial charge in [0.1, 0.15) is 0 Å². The lowest BCUT2D eigenvalue weighted by Crippen LogP contribution is -2.55. The van der Waals surface area contributed by atoms with Crippen LogP contribution in [0.2, 0.25) is 0 Å². The van der Waals surface area contributed by atoms with Crippen LogP contribution in [0, 0.1) is 0 Å². The molecule has 0 amide bonds. The molecule has 0 aromatic heterocycles. The third-order valence-electron chi connectivity index (χ3n) is 5.33. The van der Waals surface area contributed by atoms with Gasteiger partial charge in [0.2, 0.25) is 5.75 Å². The summed E-state index contributed by atoms with van der Waals surface area (Å²) in [5.74, 6) is 2.12. The number of ether oxygens (including phenoxy) is 3. The highest BCUT2D eigenvalue weighted by Crippen LogP contribution is 2.39. The Morgan fingerprint density at radius 1 is 1.00 bits per heavy atom. The van der Waals surface area contributed by atoms with Gasteiger partial charge in [-0.15, -0.1) is 0 Å². The van der Waals surface area contributed by atoms with Crippen LogP contribution in [-0.4, -0.2) is 62.8 Å². The highest BCUT2D eigenvalue weighted by Gasteiger charge is 2.36. The lowest BCUT2D eigenvalue weighted by atomic mass is 10.0. The summed E-state index contributed by atoms with van der Waals surface area (Å²) in [4.78, 5) is 5.23. The number of rotatable bonds is 5. The standard InChI is InChI=1S/C18H28N2O3/c1-13-15-6-5-7-19(15)8-9-20(13)12-14-10-16(21-2)18(23-4)17(11-14)22-3/h10-11,13,15H,5-9,12H2,1-4H3/t13-,15-/m0/s1. The fraction of sp³-hybridized carbons (Fsp3) is 0.667. The second kappa shape index (κ2) is 6.97. The van der Waals surface area contributed by atoms with Gasteiger partial charge < -0.3 is 14.2 Å². The highest BCUT2D eigenvalue weighted by atomic mass is 16.5. The summed E-state index contributed by atoms with van der Waals surface area (Å²) >= 11 is 0. The van der Waals surface area contributed by atoms with E-state index in [4.69, 9.17) is 14.2 Å². The zero-order valence-electron chi connectivity index (χ0n) is 14.7. The van der Waals surface area contributed by atoms with Crippen molar-refractivity contribution < 1.29 is 14.2 Å². The maximum absolute atomic E-state index is 5.47. The van der Waals surface area contributed by atoms with Crippen LogP contribution >= 0.6 is 0 Å². The Labute approximate surface area is 139 Å². The first-order valence-corrected chi connectivity index (χ1v) is 8.45. The van der Waals surface area contributed by atoms with Crippen LogP contribution in [-0.2, 0) is 6.54 Å². The van der Waals surface area contributed by atoms with Gasteiger partial charge in [-0.25, -0.2) is 0 Å². The minimum atomic E-state index is 0.588. The predicted octanol–water partition coefficient (Wildman–Crippen LogP) is 2.38. The van der Waals surface area contributed by atoms with Crippen LogP contribution in [0.4, 0.5) is 0 Å². The molecule has 2 atom stereocenters. The monoisotopic (exact) mass is 320 g/mol. The van der Waals surface area contributed by atoms with Crippen molar-refractivity contribution in [2.75, 3.05) is 41.0 Å². The molecule has 0 bridgehead atoms. The van der Waals surface area contributed by atoms with Crippen LogP contribution < -0.4 is 14.2 Å². The molecule has 3 rings (SSSR count). The van der Waals surface area contributed by atoms with Crippen LogP contribution in [0.25, 0.3) is 0 Å². The maximum atomic E-state index is 5.47. The number of benzene rings is 1. The number of hydrogen-bond acceptors (Lipinski definition) is 5. The van der Waals surface area contributed by atoms with Gasteiger partial charge in [0.25, 0.3) is 0 Å². The van der Waals surface area contributed by atoms with E-state index >= 15 is 0 Å². The molecule has 2 saturated heterocycles. The molecule has 2 aliphatic rings. The smallest absolute Gasteiger partial charge is 0.203 e. The molecular weight excluding hydrogens is 292 g/mol. The summed E-state index contributed by atoms with van der Waals surface area (Å²) in [5.41, 5.74) is 1.21. The van der Waals surface area contributed by atoms with Crippen LogP contribution in [0.5, 0.6) is 17.2 Å². The van der Waals surface area contributed by atoms with Crippen molar-refractivity contribution >= 4 is 0 Å². The van der Waals surface area contributed by atoms with Gasteiger partial charge >= 0.3 is 0 Å². The van der Waals surface area contributed by atoms with E-state index in [1.807, 2.05) is 0 Å². The second-order valence-corrected chi connectivity index (χ2v) is 6.49. The minimum Gasteiger partial charge on any atom is -0.493 e. The molecule has 0 N–H and O–H groups in total. The molecule has 0 saturated carbocycles. The Bertz CT molecular complexity index is 524. The maximum Gasteiger partial charge on any atom is 0.203 e. The summed E-state index contributed by atoms with van der Waals surface area (Å²) in [5, 5.41) is 0. The zero-order chi connectivity index (χ0) is 16.4. The summed E-state index contributed by atoms with van der Waals surface area (Å²) < 4.78 is 16.4. The van der Waals surface area contributed by atoms with Crippen LogP contribution in [0.15, 0.2) is 12.1 Å². The molecule has 128 valence electrons. The Hall–Kier alpha value is -1.46. The lowest BCUT2D eigenvalue weighted by molar-refractivity contribution is 0.0469. The van der Waals surface area contributed by atoms with Gasteiger partial charge in [-0.3, -0.25) is 9.80 Å². The molecule has 2 heterocycles. The molecule has 5 heteroatoms. The van der Waals surface area contributed by atoms with Crippen molar-refractivity contribution in [1.29, 1.82) is 0 Å². The zero-order valence-corrected chi connectivity index (χ0v) is 14.7. The van der Waals surface area contributed by atoms with Gasteiger partial charge in [0.15, 0.2) is 11.5 Å². The molecule has 0 radical (unpaired) electrons. The topological polar surface area (TPSA) is 34.2 Å². The number of fused-ring (bicyclic) bond motifs is 1. The van der Waals surface area contributed by atoms with E-state index in [2.05, 4.69) is 28.9 Å². The van der Waals surface area contributed by atoms with Crippen molar-refractivity contribution in [3.63, 3.8) is 0 Å². The summed E-state index contributed by atoms with van der Waals surface area (Å²) in [6.45, 7) is 6.85. The molecular formula is C18H28N2O3. The highest BCUT2D eigenvalue weighted by molar-refractivity contribution is 5.53. The normalized spacial score (nSPS) is 25.2.